The van der Waals surface area contributed by atoms with Crippen molar-refractivity contribution in [2.75, 3.05) is 12.4 Å². The fourth-order valence-electron chi connectivity index (χ4n) is 1.86. The fourth-order valence-corrected chi connectivity index (χ4v) is 2.63. The number of aryl methyl sites for hydroxylation is 1. The molecule has 0 amide bonds. The van der Waals surface area contributed by atoms with Crippen LogP contribution in [0.4, 0.5) is 5.82 Å². The molecule has 0 saturated carbocycles. The summed E-state index contributed by atoms with van der Waals surface area (Å²) in [5.41, 5.74) is 2.10. The molecule has 5 heteroatoms. The van der Waals surface area contributed by atoms with Crippen LogP contribution in [0.25, 0.3) is 21.6 Å². The number of aromatic nitrogens is 3. The molecule has 0 aliphatic heterocycles. The van der Waals surface area contributed by atoms with Crippen molar-refractivity contribution in [3.63, 3.8) is 0 Å². The summed E-state index contributed by atoms with van der Waals surface area (Å²) in [6.07, 6.45) is 3.59. The van der Waals surface area contributed by atoms with E-state index < -0.39 is 0 Å². The molecule has 3 heterocycles. The molecule has 0 aromatic carbocycles. The topological polar surface area (TPSA) is 50.7 Å². The van der Waals surface area contributed by atoms with Crippen LogP contribution >= 0.6 is 11.3 Å². The minimum atomic E-state index is 0.722. The number of nitrogens with zero attached hydrogens (tertiary/aromatic N) is 3. The summed E-state index contributed by atoms with van der Waals surface area (Å²) in [5, 5.41) is 6.21. The molecule has 0 atom stereocenters. The lowest BCUT2D eigenvalue weighted by molar-refractivity contribution is 1.19. The van der Waals surface area contributed by atoms with E-state index in [1.807, 2.05) is 37.7 Å². The molecule has 0 spiro atoms. The van der Waals surface area contributed by atoms with E-state index in [0.717, 1.165) is 33.0 Å². The maximum atomic E-state index is 4.60. The van der Waals surface area contributed by atoms with Gasteiger partial charge in [-0.3, -0.25) is 4.98 Å². The minimum absolute atomic E-state index is 0.722. The maximum absolute atomic E-state index is 4.60. The van der Waals surface area contributed by atoms with E-state index in [0.29, 0.717) is 0 Å². The SMILES string of the molecule is CNc1nc(-c2cnccc2C)nc2sccc12. The van der Waals surface area contributed by atoms with E-state index in [9.17, 15) is 0 Å². The molecule has 3 rings (SSSR count). The largest absolute Gasteiger partial charge is 0.372 e. The third kappa shape index (κ3) is 1.73. The Kier molecular flexibility index (Phi) is 2.68. The van der Waals surface area contributed by atoms with Gasteiger partial charge in [-0.05, 0) is 30.0 Å². The van der Waals surface area contributed by atoms with E-state index in [-0.39, 0.29) is 0 Å². The Hall–Kier alpha value is -2.01. The molecule has 18 heavy (non-hydrogen) atoms. The number of nitrogens with one attached hydrogen (secondary N) is 1. The van der Waals surface area contributed by atoms with Crippen molar-refractivity contribution in [1.29, 1.82) is 0 Å². The van der Waals surface area contributed by atoms with Gasteiger partial charge in [0, 0.05) is 25.0 Å². The highest BCUT2D eigenvalue weighted by Gasteiger charge is 2.11. The molecule has 1 N–H and O–H groups in total. The summed E-state index contributed by atoms with van der Waals surface area (Å²) in [7, 11) is 1.87. The summed E-state index contributed by atoms with van der Waals surface area (Å²) in [5.74, 6) is 1.58. The van der Waals surface area contributed by atoms with E-state index in [1.165, 1.54) is 0 Å². The summed E-state index contributed by atoms with van der Waals surface area (Å²) in [6.45, 7) is 2.04. The Bertz CT molecular complexity index is 705. The first kappa shape index (κ1) is 11.1. The van der Waals surface area contributed by atoms with Crippen molar-refractivity contribution in [3.8, 4) is 11.4 Å². The Balaban J connectivity index is 2.27. The van der Waals surface area contributed by atoms with Gasteiger partial charge in [-0.25, -0.2) is 9.97 Å². The monoisotopic (exact) mass is 256 g/mol. The molecule has 0 radical (unpaired) electrons. The van der Waals surface area contributed by atoms with Gasteiger partial charge < -0.3 is 5.32 Å². The van der Waals surface area contributed by atoms with Gasteiger partial charge in [0.15, 0.2) is 5.82 Å². The zero-order valence-corrected chi connectivity index (χ0v) is 11.0. The molecule has 0 aliphatic carbocycles. The predicted molar refractivity (Wildman–Crippen MR) is 74.9 cm³/mol. The number of rotatable bonds is 2. The number of fused-ring (bicyclic) bond motifs is 1. The van der Waals surface area contributed by atoms with Crippen LogP contribution in [0.5, 0.6) is 0 Å². The van der Waals surface area contributed by atoms with Crippen LogP contribution in [0.3, 0.4) is 0 Å². The molecule has 0 unspecified atom stereocenters. The van der Waals surface area contributed by atoms with Crippen molar-refractivity contribution in [2.24, 2.45) is 0 Å². The number of hydrogen-bond acceptors (Lipinski definition) is 5. The van der Waals surface area contributed by atoms with Crippen LogP contribution in [0, 0.1) is 6.92 Å². The Morgan fingerprint density at radius 2 is 2.11 bits per heavy atom. The molecule has 0 saturated heterocycles. The first-order valence-corrected chi connectivity index (χ1v) is 6.51. The standard InChI is InChI=1S/C13H12N4S/c1-8-3-5-15-7-10(8)12-16-11(14-2)9-4-6-18-13(9)17-12/h3-7H,1-2H3,(H,14,16,17). The summed E-state index contributed by atoms with van der Waals surface area (Å²) < 4.78 is 0. The number of hydrogen-bond donors (Lipinski definition) is 1. The van der Waals surface area contributed by atoms with Crippen molar-refractivity contribution >= 4 is 27.4 Å². The zero-order valence-electron chi connectivity index (χ0n) is 10.1. The van der Waals surface area contributed by atoms with E-state index in [4.69, 9.17) is 0 Å². The quantitative estimate of drug-likeness (QED) is 0.765. The first-order valence-electron chi connectivity index (χ1n) is 5.63. The van der Waals surface area contributed by atoms with Gasteiger partial charge in [-0.2, -0.15) is 0 Å². The lowest BCUT2D eigenvalue weighted by Gasteiger charge is -2.07. The first-order chi connectivity index (χ1) is 8.79. The molecule has 3 aromatic rings. The van der Waals surface area contributed by atoms with E-state index in [1.54, 1.807) is 17.5 Å². The van der Waals surface area contributed by atoms with Crippen LogP contribution in [-0.2, 0) is 0 Å². The fraction of sp³-hybridized carbons (Fsp3) is 0.154. The number of thiophene rings is 1. The molecular formula is C13H12N4S. The van der Waals surface area contributed by atoms with Gasteiger partial charge in [0.2, 0.25) is 0 Å². The van der Waals surface area contributed by atoms with Gasteiger partial charge in [-0.1, -0.05) is 0 Å². The Morgan fingerprint density at radius 1 is 1.22 bits per heavy atom. The van der Waals surface area contributed by atoms with Crippen LogP contribution in [0.1, 0.15) is 5.56 Å². The average molecular weight is 256 g/mol. The number of pyridine rings is 1. The van der Waals surface area contributed by atoms with E-state index in [2.05, 4.69) is 20.3 Å². The van der Waals surface area contributed by atoms with Crippen LogP contribution in [0.15, 0.2) is 29.9 Å². The molecule has 0 aliphatic rings. The van der Waals surface area contributed by atoms with Crippen LogP contribution in [0.2, 0.25) is 0 Å². The molecule has 0 bridgehead atoms. The minimum Gasteiger partial charge on any atom is -0.372 e. The normalized spacial score (nSPS) is 10.8. The van der Waals surface area contributed by atoms with Gasteiger partial charge in [-0.15, -0.1) is 11.3 Å². The van der Waals surface area contributed by atoms with Gasteiger partial charge in [0.1, 0.15) is 10.6 Å². The van der Waals surface area contributed by atoms with Crippen molar-refractivity contribution in [2.45, 2.75) is 6.92 Å². The van der Waals surface area contributed by atoms with Gasteiger partial charge >= 0.3 is 0 Å². The molecule has 90 valence electrons. The smallest absolute Gasteiger partial charge is 0.164 e. The highest BCUT2D eigenvalue weighted by atomic mass is 32.1. The molecule has 0 fully saturated rings. The second kappa shape index (κ2) is 4.34. The molecule has 4 nitrogen and oxygen atoms in total. The lowest BCUT2D eigenvalue weighted by Crippen LogP contribution is -1.98. The zero-order chi connectivity index (χ0) is 12.5. The van der Waals surface area contributed by atoms with Crippen LogP contribution < -0.4 is 5.32 Å². The molecular weight excluding hydrogens is 244 g/mol. The second-order valence-electron chi connectivity index (χ2n) is 3.98. The second-order valence-corrected chi connectivity index (χ2v) is 4.87. The highest BCUT2D eigenvalue weighted by molar-refractivity contribution is 7.16. The van der Waals surface area contributed by atoms with Crippen molar-refractivity contribution in [3.05, 3.63) is 35.5 Å². The Morgan fingerprint density at radius 3 is 2.89 bits per heavy atom. The third-order valence-electron chi connectivity index (χ3n) is 2.84. The summed E-state index contributed by atoms with van der Waals surface area (Å²) in [6, 6.07) is 4.00. The lowest BCUT2D eigenvalue weighted by atomic mass is 10.1. The average Bonchev–Trinajstić information content (AvgIpc) is 2.86. The van der Waals surface area contributed by atoms with Gasteiger partial charge in [0.05, 0.1) is 5.39 Å². The summed E-state index contributed by atoms with van der Waals surface area (Å²) >= 11 is 1.62. The van der Waals surface area contributed by atoms with E-state index >= 15 is 0 Å². The Labute approximate surface area is 109 Å². The van der Waals surface area contributed by atoms with Gasteiger partial charge in [0.25, 0.3) is 0 Å². The van der Waals surface area contributed by atoms with Crippen molar-refractivity contribution < 1.29 is 0 Å². The highest BCUT2D eigenvalue weighted by Crippen LogP contribution is 2.28. The third-order valence-corrected chi connectivity index (χ3v) is 3.65. The molecule has 3 aromatic heterocycles. The number of anilines is 1. The van der Waals surface area contributed by atoms with Crippen molar-refractivity contribution in [1.82, 2.24) is 15.0 Å². The summed E-state index contributed by atoms with van der Waals surface area (Å²) in [4.78, 5) is 14.3. The van der Waals surface area contributed by atoms with Crippen LogP contribution in [-0.4, -0.2) is 22.0 Å². The predicted octanol–water partition coefficient (Wildman–Crippen LogP) is 3.10. The maximum Gasteiger partial charge on any atom is 0.164 e.